The van der Waals surface area contributed by atoms with Crippen LogP contribution >= 0.6 is 0 Å². The van der Waals surface area contributed by atoms with Crippen molar-refractivity contribution in [3.05, 3.63) is 53.6 Å². The smallest absolute Gasteiger partial charge is 0.330 e. The molecule has 1 aromatic carbocycles. The molecule has 0 bridgehead atoms. The monoisotopic (exact) mass is 375 g/mol. The van der Waals surface area contributed by atoms with Gasteiger partial charge in [0.05, 0.1) is 12.0 Å². The number of hydrogen-bond donors (Lipinski definition) is 0. The predicted octanol–water partition coefficient (Wildman–Crippen LogP) is 3.22. The highest BCUT2D eigenvalue weighted by Crippen LogP contribution is 2.46. The summed E-state index contributed by atoms with van der Waals surface area (Å²) < 4.78 is 32.5. The number of benzene rings is 1. The van der Waals surface area contributed by atoms with E-state index in [2.05, 4.69) is 12.2 Å². The maximum Gasteiger partial charge on any atom is 0.330 e. The zero-order valence-electron chi connectivity index (χ0n) is 15.3. The Bertz CT molecular complexity index is 839. The van der Waals surface area contributed by atoms with E-state index in [1.165, 1.54) is 17.5 Å². The molecular weight excluding hydrogens is 350 g/mol. The van der Waals surface area contributed by atoms with Crippen molar-refractivity contribution in [3.8, 4) is 0 Å². The van der Waals surface area contributed by atoms with Crippen LogP contribution in [0.15, 0.2) is 53.0 Å². The summed E-state index contributed by atoms with van der Waals surface area (Å²) in [5, 5.41) is 0. The van der Waals surface area contributed by atoms with Crippen LogP contribution in [-0.2, 0) is 19.6 Å². The Morgan fingerprint density at radius 2 is 1.96 bits per heavy atom. The van der Waals surface area contributed by atoms with Gasteiger partial charge in [0, 0.05) is 24.6 Å². The van der Waals surface area contributed by atoms with E-state index in [1.807, 2.05) is 6.92 Å². The van der Waals surface area contributed by atoms with Gasteiger partial charge in [-0.3, -0.25) is 0 Å². The van der Waals surface area contributed by atoms with Gasteiger partial charge in [0.1, 0.15) is 0 Å². The van der Waals surface area contributed by atoms with Crippen molar-refractivity contribution in [2.45, 2.75) is 37.5 Å². The fourth-order valence-electron chi connectivity index (χ4n) is 3.80. The zero-order valence-corrected chi connectivity index (χ0v) is 16.1. The van der Waals surface area contributed by atoms with Crippen molar-refractivity contribution in [3.63, 3.8) is 0 Å². The van der Waals surface area contributed by atoms with Crippen molar-refractivity contribution in [2.24, 2.45) is 5.41 Å². The summed E-state index contributed by atoms with van der Waals surface area (Å²) in [6, 6.07) is 6.90. The number of hydrogen-bond acceptors (Lipinski definition) is 4. The second-order valence-electron chi connectivity index (χ2n) is 7.13. The highest BCUT2D eigenvalue weighted by Gasteiger charge is 2.46. The van der Waals surface area contributed by atoms with Crippen molar-refractivity contribution >= 4 is 16.0 Å². The number of nitrogens with zero attached hydrogens (tertiary/aromatic N) is 1. The normalized spacial score (nSPS) is 25.5. The van der Waals surface area contributed by atoms with Gasteiger partial charge < -0.3 is 4.74 Å². The van der Waals surface area contributed by atoms with Crippen molar-refractivity contribution < 1.29 is 17.9 Å². The number of methoxy groups -OCH3 is 1. The highest BCUT2D eigenvalue weighted by atomic mass is 32.2. The third-order valence-electron chi connectivity index (χ3n) is 5.36. The molecule has 2 aliphatic rings. The van der Waals surface area contributed by atoms with Crippen LogP contribution in [0.5, 0.6) is 0 Å². The van der Waals surface area contributed by atoms with Crippen LogP contribution in [0.4, 0.5) is 0 Å². The molecule has 1 atom stereocenters. The minimum absolute atomic E-state index is 0.235. The summed E-state index contributed by atoms with van der Waals surface area (Å²) in [4.78, 5) is 12.2. The second-order valence-corrected chi connectivity index (χ2v) is 9.06. The molecular formula is C20H25NO4S. The molecule has 1 spiro atoms. The lowest BCUT2D eigenvalue weighted by Crippen LogP contribution is -2.32. The Morgan fingerprint density at radius 1 is 1.23 bits per heavy atom. The summed E-state index contributed by atoms with van der Waals surface area (Å²) in [6.07, 6.45) is 9.31. The van der Waals surface area contributed by atoms with E-state index < -0.39 is 16.0 Å². The van der Waals surface area contributed by atoms with E-state index in [1.54, 1.807) is 24.3 Å². The first kappa shape index (κ1) is 18.9. The molecule has 0 saturated carbocycles. The van der Waals surface area contributed by atoms with E-state index in [0.717, 1.165) is 36.8 Å². The van der Waals surface area contributed by atoms with Crippen LogP contribution < -0.4 is 0 Å². The Labute approximate surface area is 155 Å². The first-order valence-electron chi connectivity index (χ1n) is 8.88. The Balaban J connectivity index is 1.97. The lowest BCUT2D eigenvalue weighted by Gasteiger charge is -2.28. The maximum absolute atomic E-state index is 13.1. The number of carbonyl (C=O) groups excluding carboxylic acids is 1. The van der Waals surface area contributed by atoms with Crippen LogP contribution in [0, 0.1) is 12.3 Å². The van der Waals surface area contributed by atoms with Crippen molar-refractivity contribution in [1.82, 2.24) is 4.31 Å². The first-order chi connectivity index (χ1) is 12.4. The number of ether oxygens (including phenoxy) is 1. The Hall–Kier alpha value is -1.92. The van der Waals surface area contributed by atoms with Gasteiger partial charge in [0.25, 0.3) is 0 Å². The molecule has 1 aliphatic carbocycles. The van der Waals surface area contributed by atoms with Crippen LogP contribution in [0.3, 0.4) is 0 Å². The van der Waals surface area contributed by atoms with E-state index in [-0.39, 0.29) is 12.0 Å². The fraction of sp³-hybridized carbons (Fsp3) is 0.450. The predicted molar refractivity (Wildman–Crippen MR) is 100 cm³/mol. The first-order valence-corrected chi connectivity index (χ1v) is 10.3. The summed E-state index contributed by atoms with van der Waals surface area (Å²) in [5.41, 5.74) is 1.55. The molecule has 3 rings (SSSR count). The van der Waals surface area contributed by atoms with Gasteiger partial charge in [-0.05, 0) is 50.3 Å². The lowest BCUT2D eigenvalue weighted by atomic mass is 9.76. The molecule has 0 unspecified atom stereocenters. The van der Waals surface area contributed by atoms with Gasteiger partial charge in [-0.1, -0.05) is 29.8 Å². The quantitative estimate of drug-likeness (QED) is 0.462. The van der Waals surface area contributed by atoms with Crippen molar-refractivity contribution in [1.29, 1.82) is 0 Å². The molecule has 1 fully saturated rings. The molecule has 1 heterocycles. The fourth-order valence-corrected chi connectivity index (χ4v) is 5.31. The Morgan fingerprint density at radius 3 is 2.65 bits per heavy atom. The SMILES string of the molecule is COC(=O)/C=C1\CN(S(=O)(=O)c2ccc(C)cc2)C[C@@]12CC=CCCC2. The maximum atomic E-state index is 13.1. The molecule has 1 saturated heterocycles. The number of sulfonamides is 1. The minimum atomic E-state index is -3.60. The highest BCUT2D eigenvalue weighted by molar-refractivity contribution is 7.89. The third-order valence-corrected chi connectivity index (χ3v) is 7.17. The molecule has 6 heteroatoms. The van der Waals surface area contributed by atoms with Gasteiger partial charge >= 0.3 is 5.97 Å². The van der Waals surface area contributed by atoms with Crippen LogP contribution in [-0.4, -0.2) is 38.9 Å². The summed E-state index contributed by atoms with van der Waals surface area (Å²) in [5.74, 6) is -0.429. The third kappa shape index (κ3) is 3.62. The minimum Gasteiger partial charge on any atom is -0.466 e. The van der Waals surface area contributed by atoms with Gasteiger partial charge in [0.2, 0.25) is 10.0 Å². The van der Waals surface area contributed by atoms with Crippen LogP contribution in [0.2, 0.25) is 0 Å². The van der Waals surface area contributed by atoms with E-state index in [4.69, 9.17) is 4.74 Å². The average Bonchev–Trinajstić information content (AvgIpc) is 2.80. The number of allylic oxidation sites excluding steroid dienone is 2. The molecule has 26 heavy (non-hydrogen) atoms. The van der Waals surface area contributed by atoms with Crippen LogP contribution in [0.25, 0.3) is 0 Å². The number of rotatable bonds is 3. The molecule has 5 nitrogen and oxygen atoms in total. The molecule has 0 amide bonds. The molecule has 1 aliphatic heterocycles. The molecule has 0 aromatic heterocycles. The summed E-state index contributed by atoms with van der Waals surface area (Å²) >= 11 is 0. The van der Waals surface area contributed by atoms with E-state index >= 15 is 0 Å². The molecule has 1 aromatic rings. The second kappa shape index (κ2) is 7.37. The van der Waals surface area contributed by atoms with Gasteiger partial charge in [-0.15, -0.1) is 0 Å². The topological polar surface area (TPSA) is 63.7 Å². The van der Waals surface area contributed by atoms with Gasteiger partial charge in [-0.2, -0.15) is 4.31 Å². The standard InChI is InChI=1S/C20H25NO4S/c1-16-7-9-18(10-8-16)26(23,24)21-14-17(13-19(22)25-2)20(15-21)11-5-3-4-6-12-20/h3,5,7-10,13H,4,6,11-12,14-15H2,1-2H3/b17-13+/t20-/m0/s1. The van der Waals surface area contributed by atoms with Gasteiger partial charge in [-0.25, -0.2) is 13.2 Å². The van der Waals surface area contributed by atoms with E-state index in [9.17, 15) is 13.2 Å². The molecule has 0 N–H and O–H groups in total. The Kier molecular flexibility index (Phi) is 5.34. The molecule has 140 valence electrons. The zero-order chi connectivity index (χ0) is 18.8. The van der Waals surface area contributed by atoms with E-state index in [0.29, 0.717) is 11.4 Å². The molecule has 0 radical (unpaired) electrons. The van der Waals surface area contributed by atoms with Gasteiger partial charge in [0.15, 0.2) is 0 Å². The summed E-state index contributed by atoms with van der Waals surface area (Å²) in [7, 11) is -2.26. The lowest BCUT2D eigenvalue weighted by molar-refractivity contribution is -0.134. The van der Waals surface area contributed by atoms with Crippen LogP contribution in [0.1, 0.15) is 31.2 Å². The number of aryl methyl sites for hydroxylation is 1. The number of esters is 1. The number of carbonyl (C=O) groups is 1. The largest absolute Gasteiger partial charge is 0.466 e. The average molecular weight is 375 g/mol. The van der Waals surface area contributed by atoms with Crippen molar-refractivity contribution in [2.75, 3.05) is 20.2 Å². The summed E-state index contributed by atoms with van der Waals surface area (Å²) in [6.45, 7) is 2.56.